The van der Waals surface area contributed by atoms with Gasteiger partial charge < -0.3 is 20.8 Å². The average molecular weight is 374 g/mol. The molecular formula is C20H31N5O2. The summed E-state index contributed by atoms with van der Waals surface area (Å²) in [5.41, 5.74) is 8.84. The second kappa shape index (κ2) is 10.7. The molecule has 1 unspecified atom stereocenters. The van der Waals surface area contributed by atoms with Crippen LogP contribution in [0.4, 0.5) is 4.79 Å². The number of amides is 1. The number of carbonyl (C=O) groups is 1. The van der Waals surface area contributed by atoms with Gasteiger partial charge in [0.05, 0.1) is 18.8 Å². The predicted molar refractivity (Wildman–Crippen MR) is 108 cm³/mol. The summed E-state index contributed by atoms with van der Waals surface area (Å²) in [7, 11) is 1.34. The van der Waals surface area contributed by atoms with Crippen molar-refractivity contribution in [2.45, 2.75) is 51.1 Å². The number of H-pyrrole nitrogens is 1. The van der Waals surface area contributed by atoms with Gasteiger partial charge in [-0.05, 0) is 31.4 Å². The summed E-state index contributed by atoms with van der Waals surface area (Å²) in [6, 6.07) is 0.336. The van der Waals surface area contributed by atoms with Gasteiger partial charge >= 0.3 is 6.09 Å². The fourth-order valence-corrected chi connectivity index (χ4v) is 2.96. The van der Waals surface area contributed by atoms with Crippen molar-refractivity contribution in [3.63, 3.8) is 0 Å². The Morgan fingerprint density at radius 1 is 1.48 bits per heavy atom. The number of nitrogens with zero attached hydrogens (tertiary/aromatic N) is 1. The molecule has 0 fully saturated rings. The van der Waals surface area contributed by atoms with Gasteiger partial charge in [0.15, 0.2) is 0 Å². The molecular weight excluding hydrogens is 342 g/mol. The van der Waals surface area contributed by atoms with E-state index in [9.17, 15) is 4.79 Å². The van der Waals surface area contributed by atoms with E-state index in [4.69, 9.17) is 5.73 Å². The Balaban J connectivity index is 2.29. The van der Waals surface area contributed by atoms with Crippen LogP contribution in [0.2, 0.25) is 0 Å². The van der Waals surface area contributed by atoms with Crippen molar-refractivity contribution >= 4 is 11.7 Å². The zero-order valence-electron chi connectivity index (χ0n) is 16.3. The van der Waals surface area contributed by atoms with Gasteiger partial charge in [-0.15, -0.1) is 6.58 Å². The number of nitrogens with one attached hydrogen (secondary N) is 3. The van der Waals surface area contributed by atoms with Gasteiger partial charge in [-0.25, -0.2) is 9.78 Å². The number of alkyl carbamates (subject to hydrolysis) is 1. The number of fused-ring (bicyclic) bond motifs is 2. The van der Waals surface area contributed by atoms with Crippen LogP contribution < -0.4 is 16.4 Å². The van der Waals surface area contributed by atoms with Crippen molar-refractivity contribution in [3.8, 4) is 0 Å². The van der Waals surface area contributed by atoms with E-state index in [1.54, 1.807) is 6.08 Å². The van der Waals surface area contributed by atoms with Crippen LogP contribution in [-0.2, 0) is 4.74 Å². The number of methoxy groups -OCH3 is 1. The lowest BCUT2D eigenvalue weighted by Crippen LogP contribution is -2.28. The molecule has 1 aliphatic heterocycles. The van der Waals surface area contributed by atoms with Gasteiger partial charge in [-0.2, -0.15) is 0 Å². The number of aromatic amines is 1. The molecule has 1 aromatic heterocycles. The maximum Gasteiger partial charge on any atom is 0.411 e. The Bertz CT molecular complexity index is 692. The van der Waals surface area contributed by atoms with Crippen molar-refractivity contribution in [2.75, 3.05) is 13.7 Å². The minimum Gasteiger partial charge on any atom is -0.453 e. The van der Waals surface area contributed by atoms with Crippen LogP contribution in [0.1, 0.15) is 56.6 Å². The topological polar surface area (TPSA) is 105 Å². The molecule has 7 nitrogen and oxygen atoms in total. The number of allylic oxidation sites excluding steroid dienone is 3. The Morgan fingerprint density at radius 3 is 3.00 bits per heavy atom. The molecule has 27 heavy (non-hydrogen) atoms. The van der Waals surface area contributed by atoms with Gasteiger partial charge in [-0.3, -0.25) is 5.32 Å². The molecule has 5 N–H and O–H groups in total. The smallest absolute Gasteiger partial charge is 0.411 e. The second-order valence-electron chi connectivity index (χ2n) is 6.84. The number of aromatic nitrogens is 2. The second-order valence-corrected chi connectivity index (χ2v) is 6.84. The molecule has 7 heteroatoms. The highest BCUT2D eigenvalue weighted by molar-refractivity contribution is 5.70. The molecule has 1 amide bonds. The molecule has 2 rings (SSSR count). The number of hydrogen-bond acceptors (Lipinski definition) is 5. The van der Waals surface area contributed by atoms with Crippen molar-refractivity contribution < 1.29 is 9.53 Å². The number of carbonyl (C=O) groups excluding carboxylic acids is 1. The van der Waals surface area contributed by atoms with Gasteiger partial charge in [0.2, 0.25) is 0 Å². The van der Waals surface area contributed by atoms with Crippen LogP contribution >= 0.6 is 0 Å². The van der Waals surface area contributed by atoms with E-state index in [1.807, 2.05) is 18.3 Å². The summed E-state index contributed by atoms with van der Waals surface area (Å²) in [6.07, 6.45) is 11.7. The van der Waals surface area contributed by atoms with Crippen LogP contribution in [0, 0.1) is 0 Å². The lowest BCUT2D eigenvalue weighted by Gasteiger charge is -2.16. The van der Waals surface area contributed by atoms with Gasteiger partial charge in [0.25, 0.3) is 0 Å². The van der Waals surface area contributed by atoms with E-state index in [0.29, 0.717) is 24.7 Å². The third-order valence-electron chi connectivity index (χ3n) is 4.62. The largest absolute Gasteiger partial charge is 0.453 e. The summed E-state index contributed by atoms with van der Waals surface area (Å²) in [4.78, 5) is 19.4. The van der Waals surface area contributed by atoms with Crippen molar-refractivity contribution in [1.29, 1.82) is 0 Å². The van der Waals surface area contributed by atoms with Crippen LogP contribution in [-0.4, -0.2) is 35.8 Å². The fraction of sp³-hybridized carbons (Fsp3) is 0.500. The third kappa shape index (κ3) is 6.69. The molecule has 2 heterocycles. The third-order valence-corrected chi connectivity index (χ3v) is 4.62. The van der Waals surface area contributed by atoms with E-state index in [-0.39, 0.29) is 6.04 Å². The molecule has 0 aliphatic carbocycles. The quantitative estimate of drug-likeness (QED) is 0.607. The fourth-order valence-electron chi connectivity index (χ4n) is 2.96. The average Bonchev–Trinajstić information content (AvgIpc) is 3.14. The first-order valence-electron chi connectivity index (χ1n) is 9.43. The minimum absolute atomic E-state index is 0.0736. The molecule has 0 aromatic carbocycles. The summed E-state index contributed by atoms with van der Waals surface area (Å²) < 4.78 is 4.67. The first kappa shape index (κ1) is 20.9. The minimum atomic E-state index is -0.500. The first-order valence-corrected chi connectivity index (χ1v) is 9.43. The molecule has 0 saturated heterocycles. The van der Waals surface area contributed by atoms with Crippen molar-refractivity contribution in [1.82, 2.24) is 20.6 Å². The summed E-state index contributed by atoms with van der Waals surface area (Å²) >= 11 is 0. The number of nitrogens with two attached hydrogens (primary N) is 1. The SMILES string of the molecule is C=CC/C(=C\C=C1/CNC(C)CCCC[C@H](N)c2nc1c[nH]2)NC(=O)OC. The lowest BCUT2D eigenvalue weighted by atomic mass is 10.0. The van der Waals surface area contributed by atoms with Crippen LogP contribution in [0.3, 0.4) is 0 Å². The normalized spacial score (nSPS) is 23.2. The van der Waals surface area contributed by atoms with Gasteiger partial charge in [-0.1, -0.05) is 25.0 Å². The number of ether oxygens (including phenoxy) is 1. The summed E-state index contributed by atoms with van der Waals surface area (Å²) in [5, 5.41) is 6.26. The molecule has 0 saturated carbocycles. The Labute approximate surface area is 161 Å². The molecule has 2 atom stereocenters. The zero-order valence-corrected chi connectivity index (χ0v) is 16.3. The molecule has 0 spiro atoms. The van der Waals surface area contributed by atoms with Gasteiger partial charge in [0, 0.05) is 30.9 Å². The van der Waals surface area contributed by atoms with Crippen molar-refractivity contribution in [3.05, 3.63) is 48.2 Å². The van der Waals surface area contributed by atoms with E-state index < -0.39 is 6.09 Å². The van der Waals surface area contributed by atoms with E-state index >= 15 is 0 Å². The van der Waals surface area contributed by atoms with Crippen LogP contribution in [0.15, 0.2) is 36.7 Å². The van der Waals surface area contributed by atoms with Gasteiger partial charge in [0.1, 0.15) is 5.82 Å². The number of imidazole rings is 1. The monoisotopic (exact) mass is 373 g/mol. The standard InChI is InChI=1S/C20H31N5O2/c1-4-7-16(24-20(26)27-3)11-10-15-12-22-14(2)8-5-6-9-17(21)19-23-13-18(15)25-19/h4,10-11,13-14,17,22H,1,5-9,12,21H2,2-3H3,(H,23,25)(H,24,26)/b15-10+,16-11+/t14?,17-/m0/s1. The Kier molecular flexibility index (Phi) is 8.29. The molecule has 148 valence electrons. The maximum absolute atomic E-state index is 11.5. The van der Waals surface area contributed by atoms with Crippen LogP contribution in [0.5, 0.6) is 0 Å². The summed E-state index contributed by atoms with van der Waals surface area (Å²) in [5.74, 6) is 0.813. The number of rotatable bonds is 4. The molecule has 1 aliphatic rings. The summed E-state index contributed by atoms with van der Waals surface area (Å²) in [6.45, 7) is 6.60. The highest BCUT2D eigenvalue weighted by Gasteiger charge is 2.15. The van der Waals surface area contributed by atoms with Crippen LogP contribution in [0.25, 0.3) is 5.57 Å². The zero-order chi connectivity index (χ0) is 19.6. The number of hydrogen-bond donors (Lipinski definition) is 4. The maximum atomic E-state index is 11.5. The van der Waals surface area contributed by atoms with E-state index in [1.165, 1.54) is 7.11 Å². The Morgan fingerprint density at radius 2 is 2.26 bits per heavy atom. The van der Waals surface area contributed by atoms with Crippen molar-refractivity contribution in [2.24, 2.45) is 5.73 Å². The molecule has 0 radical (unpaired) electrons. The molecule has 2 bridgehead atoms. The predicted octanol–water partition coefficient (Wildman–Crippen LogP) is 3.16. The first-order chi connectivity index (χ1) is 13.0. The Hall–Kier alpha value is -2.38. The highest BCUT2D eigenvalue weighted by Crippen LogP contribution is 2.20. The van der Waals surface area contributed by atoms with E-state index in [2.05, 4.69) is 38.8 Å². The molecule has 1 aromatic rings. The highest BCUT2D eigenvalue weighted by atomic mass is 16.5. The lowest BCUT2D eigenvalue weighted by molar-refractivity contribution is 0.174. The van der Waals surface area contributed by atoms with E-state index in [0.717, 1.165) is 42.8 Å².